The number of aryl methyl sites for hydroxylation is 1. The molecule has 3 aromatic carbocycles. The summed E-state index contributed by atoms with van der Waals surface area (Å²) in [5.74, 6) is -5.73. The first-order valence-corrected chi connectivity index (χ1v) is 15.8. The summed E-state index contributed by atoms with van der Waals surface area (Å²) >= 11 is 0.444. The number of halogens is 6. The first-order valence-electron chi connectivity index (χ1n) is 15.0. The van der Waals surface area contributed by atoms with Crippen molar-refractivity contribution in [3.05, 3.63) is 98.3 Å². The number of carbonyl (C=O) groups is 2. The van der Waals surface area contributed by atoms with Crippen molar-refractivity contribution < 1.29 is 45.4 Å². The highest BCUT2D eigenvalue weighted by atomic mass is 32.1. The van der Waals surface area contributed by atoms with Gasteiger partial charge < -0.3 is 30.1 Å². The van der Waals surface area contributed by atoms with Crippen molar-refractivity contribution in [2.24, 2.45) is 0 Å². The van der Waals surface area contributed by atoms with Crippen molar-refractivity contribution in [2.45, 2.75) is 44.8 Å². The zero-order valence-electron chi connectivity index (χ0n) is 25.8. The van der Waals surface area contributed by atoms with Gasteiger partial charge in [-0.25, -0.2) is 9.59 Å². The molecule has 4 N–H and O–H groups in total. The van der Waals surface area contributed by atoms with Gasteiger partial charge in [0.2, 0.25) is 0 Å². The van der Waals surface area contributed by atoms with E-state index in [1.54, 1.807) is 0 Å². The molecule has 260 valence electrons. The Morgan fingerprint density at radius 3 is 2.27 bits per heavy atom. The summed E-state index contributed by atoms with van der Waals surface area (Å²) in [7, 11) is 0. The van der Waals surface area contributed by atoms with Crippen LogP contribution in [0.2, 0.25) is 0 Å². The number of hydrogen-bond acceptors (Lipinski definition) is 8. The van der Waals surface area contributed by atoms with Gasteiger partial charge in [0, 0.05) is 35.8 Å². The fraction of sp³-hybridized carbons (Fsp3) is 0.303. The molecule has 0 aliphatic rings. The number of nitrogens with one attached hydrogen (secondary N) is 4. The zero-order chi connectivity index (χ0) is 35.3. The van der Waals surface area contributed by atoms with Gasteiger partial charge in [-0.3, -0.25) is 4.79 Å². The first kappa shape index (κ1) is 35.6. The molecule has 2 aromatic heterocycles. The average Bonchev–Trinajstić information content (AvgIpc) is 3.65. The third-order valence-electron chi connectivity index (χ3n) is 7.69. The van der Waals surface area contributed by atoms with Gasteiger partial charge in [0.1, 0.15) is 11.6 Å². The Morgan fingerprint density at radius 1 is 0.857 bits per heavy atom. The molecular formula is C33H30F6N4O5S. The SMILES string of the molecule is Cc1cccc2c(CCNCc3ccc(CCNC[C@H](OC(=O)C(F)(F)F)c4ccc(OC(=O)C(F)(F)F)c5[nH]c(=O)sc45)cc3)c[nH]c12. The second kappa shape index (κ2) is 14.8. The van der Waals surface area contributed by atoms with E-state index in [-0.39, 0.29) is 28.9 Å². The van der Waals surface area contributed by atoms with E-state index in [0.717, 1.165) is 41.7 Å². The predicted octanol–water partition coefficient (Wildman–Crippen LogP) is 6.16. The van der Waals surface area contributed by atoms with E-state index in [9.17, 15) is 40.7 Å². The minimum Gasteiger partial charge on any atom is -0.449 e. The molecule has 0 fully saturated rings. The largest absolute Gasteiger partial charge is 0.491 e. The lowest BCUT2D eigenvalue weighted by Gasteiger charge is -2.21. The summed E-state index contributed by atoms with van der Waals surface area (Å²) in [6.45, 7) is 3.43. The molecule has 0 unspecified atom stereocenters. The molecule has 0 saturated carbocycles. The van der Waals surface area contributed by atoms with Crippen LogP contribution in [0.3, 0.4) is 0 Å². The van der Waals surface area contributed by atoms with Crippen molar-refractivity contribution in [3.63, 3.8) is 0 Å². The molecule has 16 heteroatoms. The van der Waals surface area contributed by atoms with Crippen LogP contribution in [0.5, 0.6) is 5.75 Å². The molecular weight excluding hydrogens is 678 g/mol. The van der Waals surface area contributed by atoms with E-state index in [1.807, 2.05) is 36.5 Å². The number of esters is 2. The maximum absolute atomic E-state index is 13.1. The third-order valence-corrected chi connectivity index (χ3v) is 8.62. The second-order valence-electron chi connectivity index (χ2n) is 11.2. The monoisotopic (exact) mass is 708 g/mol. The van der Waals surface area contributed by atoms with Crippen LogP contribution in [0.25, 0.3) is 21.1 Å². The van der Waals surface area contributed by atoms with Crippen LogP contribution in [0.15, 0.2) is 65.6 Å². The molecule has 0 amide bonds. The molecule has 0 aliphatic carbocycles. The van der Waals surface area contributed by atoms with E-state index >= 15 is 0 Å². The van der Waals surface area contributed by atoms with E-state index in [0.29, 0.717) is 24.3 Å². The zero-order valence-corrected chi connectivity index (χ0v) is 26.6. The molecule has 49 heavy (non-hydrogen) atoms. The van der Waals surface area contributed by atoms with Gasteiger partial charge in [0.25, 0.3) is 0 Å². The standard InChI is InChI=1S/C33H30F6N4O5S/c1-18-3-2-4-22-21(16-42-26(18)22)12-14-40-15-20-7-5-19(6-8-20)11-13-41-17-25(48-30(45)33(37,38)39)23-9-10-24(47-29(44)32(34,35)36)27-28(23)49-31(46)43-27/h2-10,16,25,40-42H,11-15,17H2,1H3,(H,43,46)/t25-/m0/s1. The van der Waals surface area contributed by atoms with Crippen LogP contribution in [0, 0.1) is 6.92 Å². The number of fused-ring (bicyclic) bond motifs is 2. The molecule has 0 spiro atoms. The average molecular weight is 709 g/mol. The summed E-state index contributed by atoms with van der Waals surface area (Å²) in [5, 5.41) is 7.58. The summed E-state index contributed by atoms with van der Waals surface area (Å²) in [5.41, 5.74) is 5.09. The molecule has 1 atom stereocenters. The predicted molar refractivity (Wildman–Crippen MR) is 170 cm³/mol. The summed E-state index contributed by atoms with van der Waals surface area (Å²) in [6.07, 6.45) is -8.92. The number of thiazole rings is 1. The number of carbonyl (C=O) groups excluding carboxylic acids is 2. The number of benzene rings is 3. The Kier molecular flexibility index (Phi) is 10.8. The highest BCUT2D eigenvalue weighted by Gasteiger charge is 2.43. The third kappa shape index (κ3) is 8.87. The van der Waals surface area contributed by atoms with Gasteiger partial charge in [-0.2, -0.15) is 26.3 Å². The lowest BCUT2D eigenvalue weighted by molar-refractivity contribution is -0.205. The van der Waals surface area contributed by atoms with Crippen LogP contribution < -0.4 is 20.2 Å². The number of aromatic amines is 2. The lowest BCUT2D eigenvalue weighted by Crippen LogP contribution is -2.32. The van der Waals surface area contributed by atoms with Gasteiger partial charge in [-0.1, -0.05) is 53.8 Å². The van der Waals surface area contributed by atoms with Gasteiger partial charge in [0.15, 0.2) is 5.75 Å². The van der Waals surface area contributed by atoms with Crippen LogP contribution in [-0.4, -0.2) is 53.9 Å². The fourth-order valence-corrected chi connectivity index (χ4v) is 6.16. The van der Waals surface area contributed by atoms with Crippen molar-refractivity contribution >= 4 is 44.4 Å². The van der Waals surface area contributed by atoms with Crippen LogP contribution >= 0.6 is 11.3 Å². The number of ether oxygens (including phenoxy) is 2. The lowest BCUT2D eigenvalue weighted by atomic mass is 10.1. The van der Waals surface area contributed by atoms with E-state index in [1.165, 1.54) is 16.5 Å². The Hall–Kier alpha value is -4.67. The number of hydrogen-bond donors (Lipinski definition) is 4. The van der Waals surface area contributed by atoms with E-state index < -0.39 is 41.0 Å². The Balaban J connectivity index is 1.18. The van der Waals surface area contributed by atoms with Gasteiger partial charge in [0.05, 0.1) is 4.70 Å². The quantitative estimate of drug-likeness (QED) is 0.0500. The van der Waals surface area contributed by atoms with Crippen molar-refractivity contribution in [3.8, 4) is 5.75 Å². The van der Waals surface area contributed by atoms with Crippen molar-refractivity contribution in [2.75, 3.05) is 19.6 Å². The van der Waals surface area contributed by atoms with Gasteiger partial charge >= 0.3 is 29.2 Å². The highest BCUT2D eigenvalue weighted by molar-refractivity contribution is 7.16. The maximum Gasteiger partial charge on any atom is 0.491 e. The normalized spacial score (nSPS) is 12.8. The summed E-state index contributed by atoms with van der Waals surface area (Å²) < 4.78 is 86.6. The smallest absolute Gasteiger partial charge is 0.449 e. The summed E-state index contributed by atoms with van der Waals surface area (Å²) in [4.78, 5) is 40.0. The van der Waals surface area contributed by atoms with E-state index in [2.05, 4.69) is 44.4 Å². The van der Waals surface area contributed by atoms with Crippen molar-refractivity contribution in [1.82, 2.24) is 20.6 Å². The Bertz CT molecular complexity index is 2000. The number of aromatic nitrogens is 2. The molecule has 2 heterocycles. The molecule has 0 saturated heterocycles. The second-order valence-corrected chi connectivity index (χ2v) is 12.1. The van der Waals surface area contributed by atoms with Crippen LogP contribution in [-0.2, 0) is 33.7 Å². The first-order chi connectivity index (χ1) is 23.2. The Labute approximate surface area is 278 Å². The number of rotatable bonds is 13. The molecule has 0 radical (unpaired) electrons. The molecule has 5 aromatic rings. The molecule has 9 nitrogen and oxygen atoms in total. The molecule has 0 aliphatic heterocycles. The number of alkyl halides is 6. The number of para-hydroxylation sites is 1. The highest BCUT2D eigenvalue weighted by Crippen LogP contribution is 2.35. The van der Waals surface area contributed by atoms with Crippen LogP contribution in [0.1, 0.15) is 33.9 Å². The van der Waals surface area contributed by atoms with E-state index in [4.69, 9.17) is 4.74 Å². The topological polar surface area (TPSA) is 125 Å². The fourth-order valence-electron chi connectivity index (χ4n) is 5.25. The summed E-state index contributed by atoms with van der Waals surface area (Å²) in [6, 6.07) is 15.9. The minimum atomic E-state index is -5.34. The van der Waals surface area contributed by atoms with Gasteiger partial charge in [-0.05, 0) is 67.2 Å². The number of H-pyrrole nitrogens is 2. The molecule has 5 rings (SSSR count). The van der Waals surface area contributed by atoms with Crippen molar-refractivity contribution in [1.29, 1.82) is 0 Å². The van der Waals surface area contributed by atoms with Gasteiger partial charge in [-0.15, -0.1) is 0 Å². The Morgan fingerprint density at radius 2 is 1.55 bits per heavy atom. The maximum atomic E-state index is 13.1. The molecule has 0 bridgehead atoms. The minimum absolute atomic E-state index is 0.105. The van der Waals surface area contributed by atoms with Crippen LogP contribution in [0.4, 0.5) is 26.3 Å².